The van der Waals surface area contributed by atoms with Gasteiger partial charge in [-0.15, -0.1) is 0 Å². The molecule has 2 aromatic rings. The molecule has 10 heteroatoms. The van der Waals surface area contributed by atoms with Crippen LogP contribution in [0.15, 0.2) is 50.2 Å². The molecule has 0 spiro atoms. The van der Waals surface area contributed by atoms with E-state index in [2.05, 4.69) is 31.9 Å². The Labute approximate surface area is 172 Å². The van der Waals surface area contributed by atoms with E-state index >= 15 is 0 Å². The van der Waals surface area contributed by atoms with Crippen LogP contribution in [0, 0.1) is 5.41 Å². The maximum Gasteiger partial charge on any atom is 0.416 e. The number of aromatic hydroxyl groups is 1. The average molecular weight is 522 g/mol. The first kappa shape index (κ1) is 20.0. The molecule has 4 nitrogen and oxygen atoms in total. The fraction of sp³-hybridized carbons (Fsp3) is 0.0588. The standard InChI is InChI=1S/C17H9Br2F3N2O2S/c18-10-4-8(14(25)12(19)7-10)5-13-15(26)24(16(23)27-13)11-3-1-2-9(6-11)17(20,21)22/h1-7,23,25H/b13-5-,23-16?. The lowest BCUT2D eigenvalue weighted by molar-refractivity contribution is -0.137. The van der Waals surface area contributed by atoms with E-state index in [9.17, 15) is 23.1 Å². The molecule has 2 aromatic carbocycles. The van der Waals surface area contributed by atoms with Gasteiger partial charge in [0.1, 0.15) is 5.75 Å². The highest BCUT2D eigenvalue weighted by molar-refractivity contribution is 9.11. The van der Waals surface area contributed by atoms with E-state index in [4.69, 9.17) is 5.41 Å². The quantitative estimate of drug-likeness (QED) is 0.477. The highest BCUT2D eigenvalue weighted by Gasteiger charge is 2.36. The maximum absolute atomic E-state index is 12.9. The largest absolute Gasteiger partial charge is 0.506 e. The van der Waals surface area contributed by atoms with E-state index in [1.54, 1.807) is 12.1 Å². The van der Waals surface area contributed by atoms with Crippen LogP contribution in [0.25, 0.3) is 6.08 Å². The summed E-state index contributed by atoms with van der Waals surface area (Å²) < 4.78 is 39.8. The second-order valence-corrected chi connectivity index (χ2v) is 8.23. The Balaban J connectivity index is 1.99. The molecule has 0 atom stereocenters. The van der Waals surface area contributed by atoms with Crippen LogP contribution in [-0.4, -0.2) is 16.2 Å². The molecule has 1 fully saturated rings. The maximum atomic E-state index is 12.9. The average Bonchev–Trinajstić information content (AvgIpc) is 2.85. The molecule has 1 heterocycles. The molecule has 1 amide bonds. The smallest absolute Gasteiger partial charge is 0.416 e. The molecule has 140 valence electrons. The number of hydrogen-bond acceptors (Lipinski definition) is 4. The molecule has 3 rings (SSSR count). The van der Waals surface area contributed by atoms with Gasteiger partial charge in [-0.25, -0.2) is 0 Å². The number of halogens is 5. The number of alkyl halides is 3. The van der Waals surface area contributed by atoms with Gasteiger partial charge in [-0.2, -0.15) is 13.2 Å². The zero-order valence-corrected chi connectivity index (χ0v) is 17.1. The van der Waals surface area contributed by atoms with Crippen molar-refractivity contribution in [1.29, 1.82) is 5.41 Å². The van der Waals surface area contributed by atoms with Crippen molar-refractivity contribution in [2.45, 2.75) is 6.18 Å². The van der Waals surface area contributed by atoms with Gasteiger partial charge in [0.2, 0.25) is 0 Å². The summed E-state index contributed by atoms with van der Waals surface area (Å²) in [4.78, 5) is 13.7. The van der Waals surface area contributed by atoms with Crippen molar-refractivity contribution in [2.24, 2.45) is 0 Å². The Morgan fingerprint density at radius 2 is 1.89 bits per heavy atom. The van der Waals surface area contributed by atoms with E-state index in [1.807, 2.05) is 0 Å². The monoisotopic (exact) mass is 520 g/mol. The van der Waals surface area contributed by atoms with Gasteiger partial charge in [-0.1, -0.05) is 22.0 Å². The van der Waals surface area contributed by atoms with Crippen LogP contribution >= 0.6 is 43.6 Å². The Kier molecular flexibility index (Phi) is 5.42. The summed E-state index contributed by atoms with van der Waals surface area (Å²) in [5.74, 6) is -0.733. The zero-order valence-electron chi connectivity index (χ0n) is 13.1. The molecule has 0 unspecified atom stereocenters. The zero-order chi connectivity index (χ0) is 19.9. The van der Waals surface area contributed by atoms with Gasteiger partial charge in [0.25, 0.3) is 5.91 Å². The Morgan fingerprint density at radius 1 is 1.19 bits per heavy atom. The molecule has 27 heavy (non-hydrogen) atoms. The predicted molar refractivity (Wildman–Crippen MR) is 106 cm³/mol. The summed E-state index contributed by atoms with van der Waals surface area (Å²) in [7, 11) is 0. The Hall–Kier alpha value is -1.78. The molecule has 2 N–H and O–H groups in total. The van der Waals surface area contributed by atoms with Gasteiger partial charge in [-0.05, 0) is 64.1 Å². The van der Waals surface area contributed by atoms with Crippen LogP contribution < -0.4 is 4.90 Å². The molecule has 1 aliphatic heterocycles. The van der Waals surface area contributed by atoms with Crippen molar-refractivity contribution in [3.05, 3.63) is 61.4 Å². The second-order valence-electron chi connectivity index (χ2n) is 5.43. The highest BCUT2D eigenvalue weighted by Crippen LogP contribution is 2.40. The SMILES string of the molecule is N=C1S/C(=C\c2cc(Br)cc(Br)c2O)C(=O)N1c1cccc(C(F)(F)F)c1. The van der Waals surface area contributed by atoms with Gasteiger partial charge in [0.15, 0.2) is 5.17 Å². The molecular formula is C17H9Br2F3N2O2S. The minimum absolute atomic E-state index is 0.0460. The van der Waals surface area contributed by atoms with Crippen molar-refractivity contribution >= 4 is 66.5 Å². The molecule has 0 aliphatic carbocycles. The lowest BCUT2D eigenvalue weighted by Gasteiger charge is -2.16. The Morgan fingerprint density at radius 3 is 2.56 bits per heavy atom. The summed E-state index contributed by atoms with van der Waals surface area (Å²) in [6.45, 7) is 0. The van der Waals surface area contributed by atoms with Crippen molar-refractivity contribution in [3.63, 3.8) is 0 Å². The summed E-state index contributed by atoms with van der Waals surface area (Å²) in [5.41, 5.74) is -0.627. The van der Waals surface area contributed by atoms with E-state index < -0.39 is 17.6 Å². The summed E-state index contributed by atoms with van der Waals surface area (Å²) >= 11 is 7.27. The van der Waals surface area contributed by atoms with E-state index in [-0.39, 0.29) is 21.5 Å². The van der Waals surface area contributed by atoms with Crippen molar-refractivity contribution in [2.75, 3.05) is 4.90 Å². The number of nitrogens with one attached hydrogen (secondary N) is 1. The molecule has 0 saturated carbocycles. The van der Waals surface area contributed by atoms with Gasteiger partial charge in [-0.3, -0.25) is 15.1 Å². The fourth-order valence-corrected chi connectivity index (χ4v) is 4.49. The van der Waals surface area contributed by atoms with Gasteiger partial charge >= 0.3 is 6.18 Å². The number of anilines is 1. The number of hydrogen-bond donors (Lipinski definition) is 2. The van der Waals surface area contributed by atoms with E-state index in [0.29, 0.717) is 14.5 Å². The molecule has 1 saturated heterocycles. The molecular weight excluding hydrogens is 513 g/mol. The van der Waals surface area contributed by atoms with Crippen LogP contribution in [0.5, 0.6) is 5.75 Å². The molecule has 0 aromatic heterocycles. The van der Waals surface area contributed by atoms with Crippen LogP contribution in [0.2, 0.25) is 0 Å². The van der Waals surface area contributed by atoms with E-state index in [1.165, 1.54) is 18.2 Å². The third-order valence-corrected chi connectivity index (χ3v) is 5.55. The van der Waals surface area contributed by atoms with Crippen molar-refractivity contribution < 1.29 is 23.1 Å². The topological polar surface area (TPSA) is 64.4 Å². The normalized spacial score (nSPS) is 16.5. The third kappa shape index (κ3) is 4.07. The number of phenolic OH excluding ortho intramolecular Hbond substituents is 1. The highest BCUT2D eigenvalue weighted by atomic mass is 79.9. The predicted octanol–water partition coefficient (Wildman–Crippen LogP) is 5.99. The fourth-order valence-electron chi connectivity index (χ4n) is 2.38. The number of phenols is 1. The number of amidine groups is 1. The first-order valence-electron chi connectivity index (χ1n) is 7.26. The number of benzene rings is 2. The number of rotatable bonds is 2. The summed E-state index contributed by atoms with van der Waals surface area (Å²) in [6.07, 6.45) is -3.17. The van der Waals surface area contributed by atoms with Crippen LogP contribution in [0.3, 0.4) is 0 Å². The number of nitrogens with zero attached hydrogens (tertiary/aromatic N) is 1. The first-order valence-corrected chi connectivity index (χ1v) is 9.66. The van der Waals surface area contributed by atoms with Crippen LogP contribution in [0.1, 0.15) is 11.1 Å². The summed E-state index contributed by atoms with van der Waals surface area (Å²) in [5, 5.41) is 17.9. The first-order chi connectivity index (χ1) is 12.6. The second kappa shape index (κ2) is 7.33. The van der Waals surface area contributed by atoms with E-state index in [0.717, 1.165) is 28.8 Å². The number of thioether (sulfide) groups is 1. The van der Waals surface area contributed by atoms with Gasteiger partial charge in [0.05, 0.1) is 20.6 Å². The van der Waals surface area contributed by atoms with Crippen molar-refractivity contribution in [1.82, 2.24) is 0 Å². The van der Waals surface area contributed by atoms with Crippen LogP contribution in [0.4, 0.5) is 18.9 Å². The Bertz CT molecular complexity index is 993. The number of amides is 1. The van der Waals surface area contributed by atoms with Gasteiger partial charge < -0.3 is 5.11 Å². The lowest BCUT2D eigenvalue weighted by Crippen LogP contribution is -2.28. The minimum atomic E-state index is -4.55. The summed E-state index contributed by atoms with van der Waals surface area (Å²) in [6, 6.07) is 7.44. The number of carbonyl (C=O) groups excluding carboxylic acids is 1. The molecule has 0 radical (unpaired) electrons. The van der Waals surface area contributed by atoms with Crippen molar-refractivity contribution in [3.8, 4) is 5.75 Å². The minimum Gasteiger partial charge on any atom is -0.506 e. The molecule has 1 aliphatic rings. The third-order valence-electron chi connectivity index (χ3n) is 3.60. The molecule has 0 bridgehead atoms. The number of carbonyl (C=O) groups is 1. The van der Waals surface area contributed by atoms with Crippen LogP contribution in [-0.2, 0) is 11.0 Å². The lowest BCUT2D eigenvalue weighted by atomic mass is 10.1. The van der Waals surface area contributed by atoms with Gasteiger partial charge in [0, 0.05) is 10.0 Å².